The Bertz CT molecular complexity index is 242. The van der Waals surface area contributed by atoms with Gasteiger partial charge < -0.3 is 15.4 Å². The van der Waals surface area contributed by atoms with Crippen LogP contribution < -0.4 is 10.6 Å². The summed E-state index contributed by atoms with van der Waals surface area (Å²) in [5.41, 5.74) is 1.01. The Hall–Kier alpha value is -0.870. The largest absolute Gasteiger partial charge is 0.376 e. The fraction of sp³-hybridized carbons (Fsp3) is 0.786. The second-order valence-electron chi connectivity index (χ2n) is 4.68. The van der Waals surface area contributed by atoms with Crippen molar-refractivity contribution in [2.45, 2.75) is 46.1 Å². The Morgan fingerprint density at radius 2 is 2.06 bits per heavy atom. The number of hydrogen-bond acceptors (Lipinski definition) is 3. The zero-order chi connectivity index (χ0) is 13.8. The minimum absolute atomic E-state index is 0.0611. The van der Waals surface area contributed by atoms with Crippen molar-refractivity contribution in [2.24, 2.45) is 0 Å². The Morgan fingerprint density at radius 3 is 2.67 bits per heavy atom. The van der Waals surface area contributed by atoms with Crippen molar-refractivity contribution in [2.75, 3.05) is 26.3 Å². The number of unbranched alkanes of at least 4 members (excludes halogenated alkanes) is 2. The Kier molecular flexibility index (Phi) is 10.7. The lowest BCUT2D eigenvalue weighted by Crippen LogP contribution is -2.43. The molecule has 0 aliphatic heterocycles. The number of ether oxygens (including phenoxy) is 1. The summed E-state index contributed by atoms with van der Waals surface area (Å²) in [4.78, 5) is 11.6. The molecular weight excluding hydrogens is 228 g/mol. The molecule has 0 radical (unpaired) electrons. The molecular formula is C14H28N2O2. The third-order valence-corrected chi connectivity index (χ3v) is 2.52. The monoisotopic (exact) mass is 256 g/mol. The molecule has 1 atom stereocenters. The Morgan fingerprint density at radius 1 is 1.33 bits per heavy atom. The lowest BCUT2D eigenvalue weighted by Gasteiger charge is -2.14. The van der Waals surface area contributed by atoms with E-state index < -0.39 is 0 Å². The normalized spacial score (nSPS) is 12.2. The van der Waals surface area contributed by atoms with Crippen molar-refractivity contribution in [1.82, 2.24) is 10.6 Å². The number of hydrogen-bond donors (Lipinski definition) is 2. The molecule has 0 rings (SSSR count). The van der Waals surface area contributed by atoms with Crippen molar-refractivity contribution in [3.05, 3.63) is 12.2 Å². The molecule has 0 aromatic rings. The van der Waals surface area contributed by atoms with Crippen LogP contribution in [-0.2, 0) is 9.53 Å². The van der Waals surface area contributed by atoms with E-state index in [0.717, 1.165) is 25.0 Å². The molecule has 0 aromatic heterocycles. The molecule has 0 fully saturated rings. The lowest BCUT2D eigenvalue weighted by atomic mass is 10.2. The van der Waals surface area contributed by atoms with Crippen LogP contribution in [0.2, 0.25) is 0 Å². The Balaban J connectivity index is 3.46. The summed E-state index contributed by atoms with van der Waals surface area (Å²) in [6.07, 6.45) is 3.39. The zero-order valence-electron chi connectivity index (χ0n) is 12.1. The summed E-state index contributed by atoms with van der Waals surface area (Å²) in [7, 11) is 0. The van der Waals surface area contributed by atoms with E-state index >= 15 is 0 Å². The summed E-state index contributed by atoms with van der Waals surface area (Å²) in [5.74, 6) is 0.0611. The molecule has 0 aliphatic rings. The van der Waals surface area contributed by atoms with Gasteiger partial charge in [0, 0.05) is 13.1 Å². The molecule has 1 amide bonds. The quantitative estimate of drug-likeness (QED) is 0.438. The first kappa shape index (κ1) is 17.1. The van der Waals surface area contributed by atoms with E-state index in [4.69, 9.17) is 4.74 Å². The van der Waals surface area contributed by atoms with Crippen molar-refractivity contribution >= 4 is 5.91 Å². The molecule has 0 spiro atoms. The van der Waals surface area contributed by atoms with Crippen LogP contribution in [0.15, 0.2) is 12.2 Å². The summed E-state index contributed by atoms with van der Waals surface area (Å²) < 4.78 is 5.34. The van der Waals surface area contributed by atoms with Crippen molar-refractivity contribution in [3.8, 4) is 0 Å². The van der Waals surface area contributed by atoms with Gasteiger partial charge in [0.2, 0.25) is 5.91 Å². The van der Waals surface area contributed by atoms with Crippen molar-refractivity contribution in [3.63, 3.8) is 0 Å². The molecule has 106 valence electrons. The minimum atomic E-state index is -0.167. The third-order valence-electron chi connectivity index (χ3n) is 2.52. The predicted octanol–water partition coefficient (Wildman–Crippen LogP) is 1.86. The second kappa shape index (κ2) is 11.2. The van der Waals surface area contributed by atoms with E-state index in [1.54, 1.807) is 0 Å². The maximum Gasteiger partial charge on any atom is 0.236 e. The molecule has 0 aromatic carbocycles. The van der Waals surface area contributed by atoms with Gasteiger partial charge in [-0.2, -0.15) is 0 Å². The Labute approximate surface area is 111 Å². The number of amides is 1. The predicted molar refractivity (Wildman–Crippen MR) is 75.6 cm³/mol. The fourth-order valence-electron chi connectivity index (χ4n) is 1.43. The number of rotatable bonds is 11. The molecule has 4 nitrogen and oxygen atoms in total. The molecule has 4 heteroatoms. The van der Waals surface area contributed by atoms with Crippen molar-refractivity contribution in [1.29, 1.82) is 0 Å². The highest BCUT2D eigenvalue weighted by molar-refractivity contribution is 5.81. The van der Waals surface area contributed by atoms with E-state index in [9.17, 15) is 4.79 Å². The maximum atomic E-state index is 11.6. The molecule has 0 heterocycles. The van der Waals surface area contributed by atoms with Gasteiger partial charge in [-0.1, -0.05) is 31.9 Å². The van der Waals surface area contributed by atoms with E-state index in [1.807, 2.05) is 13.8 Å². The van der Waals surface area contributed by atoms with Crippen LogP contribution in [0.25, 0.3) is 0 Å². The molecule has 0 saturated heterocycles. The highest BCUT2D eigenvalue weighted by Gasteiger charge is 2.10. The van der Waals surface area contributed by atoms with Gasteiger partial charge in [-0.05, 0) is 20.3 Å². The van der Waals surface area contributed by atoms with Crippen LogP contribution in [-0.4, -0.2) is 38.3 Å². The topological polar surface area (TPSA) is 50.4 Å². The lowest BCUT2D eigenvalue weighted by molar-refractivity contribution is -0.122. The van der Waals surface area contributed by atoms with Crippen LogP contribution in [0.4, 0.5) is 0 Å². The van der Waals surface area contributed by atoms with Gasteiger partial charge >= 0.3 is 0 Å². The molecule has 2 N–H and O–H groups in total. The van der Waals surface area contributed by atoms with E-state index in [2.05, 4.69) is 24.1 Å². The van der Waals surface area contributed by atoms with E-state index in [0.29, 0.717) is 19.8 Å². The van der Waals surface area contributed by atoms with Gasteiger partial charge in [-0.25, -0.2) is 0 Å². The SMILES string of the molecule is C=C(C)COCCNC(C)C(=O)NCCCCC. The third kappa shape index (κ3) is 10.3. The number of carbonyl (C=O) groups excluding carboxylic acids is 1. The van der Waals surface area contributed by atoms with Crippen LogP contribution in [0.3, 0.4) is 0 Å². The van der Waals surface area contributed by atoms with Crippen LogP contribution >= 0.6 is 0 Å². The zero-order valence-corrected chi connectivity index (χ0v) is 12.1. The average Bonchev–Trinajstić information content (AvgIpc) is 2.33. The van der Waals surface area contributed by atoms with Gasteiger partial charge in [0.05, 0.1) is 19.3 Å². The standard InChI is InChI=1S/C14H28N2O2/c1-5-6-7-8-16-14(17)13(4)15-9-10-18-11-12(2)3/h13,15H,2,5-11H2,1,3-4H3,(H,16,17). The van der Waals surface area contributed by atoms with Gasteiger partial charge in [0.15, 0.2) is 0 Å². The van der Waals surface area contributed by atoms with Crippen molar-refractivity contribution < 1.29 is 9.53 Å². The maximum absolute atomic E-state index is 11.6. The van der Waals surface area contributed by atoms with Crippen LogP contribution in [0.5, 0.6) is 0 Å². The fourth-order valence-corrected chi connectivity index (χ4v) is 1.43. The first-order chi connectivity index (χ1) is 8.57. The van der Waals surface area contributed by atoms with Crippen LogP contribution in [0, 0.1) is 0 Å². The summed E-state index contributed by atoms with van der Waals surface area (Å²) >= 11 is 0. The van der Waals surface area contributed by atoms with Crippen LogP contribution in [0.1, 0.15) is 40.0 Å². The van der Waals surface area contributed by atoms with Gasteiger partial charge in [0.25, 0.3) is 0 Å². The summed E-state index contributed by atoms with van der Waals surface area (Å²) in [6.45, 7) is 12.3. The molecule has 0 bridgehead atoms. The molecule has 18 heavy (non-hydrogen) atoms. The summed E-state index contributed by atoms with van der Waals surface area (Å²) in [5, 5.41) is 6.05. The average molecular weight is 256 g/mol. The van der Waals surface area contributed by atoms with Gasteiger partial charge in [-0.3, -0.25) is 4.79 Å². The van der Waals surface area contributed by atoms with Gasteiger partial charge in [0.1, 0.15) is 0 Å². The first-order valence-corrected chi connectivity index (χ1v) is 6.81. The number of carbonyl (C=O) groups is 1. The highest BCUT2D eigenvalue weighted by atomic mass is 16.5. The minimum Gasteiger partial charge on any atom is -0.376 e. The smallest absolute Gasteiger partial charge is 0.236 e. The van der Waals surface area contributed by atoms with Gasteiger partial charge in [-0.15, -0.1) is 0 Å². The molecule has 0 aliphatic carbocycles. The molecule has 1 unspecified atom stereocenters. The highest BCUT2D eigenvalue weighted by Crippen LogP contribution is 1.92. The summed E-state index contributed by atoms with van der Waals surface area (Å²) in [6, 6.07) is -0.167. The second-order valence-corrected chi connectivity index (χ2v) is 4.68. The molecule has 0 saturated carbocycles. The first-order valence-electron chi connectivity index (χ1n) is 6.81. The van der Waals surface area contributed by atoms with E-state index in [1.165, 1.54) is 6.42 Å². The number of nitrogens with one attached hydrogen (secondary N) is 2. The van der Waals surface area contributed by atoms with E-state index in [-0.39, 0.29) is 11.9 Å².